The van der Waals surface area contributed by atoms with E-state index in [2.05, 4.69) is 22.5 Å². The van der Waals surface area contributed by atoms with E-state index >= 15 is 0 Å². The predicted molar refractivity (Wildman–Crippen MR) is 84.2 cm³/mol. The van der Waals surface area contributed by atoms with Gasteiger partial charge >= 0.3 is 6.03 Å². The summed E-state index contributed by atoms with van der Waals surface area (Å²) in [5.74, 6) is 5.87. The van der Waals surface area contributed by atoms with E-state index in [4.69, 9.17) is 5.11 Å². The second-order valence-electron chi connectivity index (χ2n) is 5.40. The Kier molecular flexibility index (Phi) is 5.65. The van der Waals surface area contributed by atoms with E-state index in [0.29, 0.717) is 12.5 Å². The van der Waals surface area contributed by atoms with Crippen molar-refractivity contribution in [1.82, 2.24) is 5.32 Å². The van der Waals surface area contributed by atoms with E-state index in [1.165, 1.54) is 12.8 Å². The summed E-state index contributed by atoms with van der Waals surface area (Å²) in [6.07, 6.45) is 4.93. The molecule has 0 aliphatic heterocycles. The largest absolute Gasteiger partial charge is 0.395 e. The molecule has 0 spiro atoms. The van der Waals surface area contributed by atoms with Gasteiger partial charge in [-0.25, -0.2) is 4.79 Å². The first-order chi connectivity index (χ1) is 10.2. The van der Waals surface area contributed by atoms with Gasteiger partial charge in [0.15, 0.2) is 0 Å². The highest BCUT2D eigenvalue weighted by molar-refractivity contribution is 5.91. The van der Waals surface area contributed by atoms with Gasteiger partial charge in [-0.3, -0.25) is 0 Å². The van der Waals surface area contributed by atoms with Crippen LogP contribution in [0.4, 0.5) is 10.5 Å². The first-order valence-corrected chi connectivity index (χ1v) is 7.47. The maximum absolute atomic E-state index is 12.1. The van der Waals surface area contributed by atoms with Gasteiger partial charge in [0, 0.05) is 18.0 Å². The summed E-state index contributed by atoms with van der Waals surface area (Å²) in [6, 6.07) is 5.89. The fourth-order valence-electron chi connectivity index (χ4n) is 2.50. The van der Waals surface area contributed by atoms with Crippen LogP contribution in [0.2, 0.25) is 0 Å². The highest BCUT2D eigenvalue weighted by Crippen LogP contribution is 2.19. The third-order valence-corrected chi connectivity index (χ3v) is 3.57. The summed E-state index contributed by atoms with van der Waals surface area (Å²) in [6.45, 7) is 2.02. The summed E-state index contributed by atoms with van der Waals surface area (Å²) in [5.41, 5.74) is 2.56. The third-order valence-electron chi connectivity index (χ3n) is 3.57. The van der Waals surface area contributed by atoms with Crippen LogP contribution in [0, 0.1) is 18.8 Å². The molecule has 1 aromatic carbocycles. The lowest BCUT2D eigenvalue weighted by atomic mass is 10.1. The van der Waals surface area contributed by atoms with E-state index in [-0.39, 0.29) is 12.6 Å². The van der Waals surface area contributed by atoms with Crippen molar-refractivity contribution in [3.63, 3.8) is 0 Å². The normalized spacial score (nSPS) is 14.4. The van der Waals surface area contributed by atoms with Crippen LogP contribution >= 0.6 is 0 Å². The lowest BCUT2D eigenvalue weighted by Crippen LogP contribution is -2.36. The van der Waals surface area contributed by atoms with Gasteiger partial charge in [0.25, 0.3) is 0 Å². The van der Waals surface area contributed by atoms with Gasteiger partial charge in [-0.15, -0.1) is 0 Å². The van der Waals surface area contributed by atoms with Crippen molar-refractivity contribution in [2.75, 3.05) is 11.9 Å². The third kappa shape index (κ3) is 4.80. The van der Waals surface area contributed by atoms with Gasteiger partial charge in [-0.2, -0.15) is 0 Å². The molecule has 1 aromatic rings. The predicted octanol–water partition coefficient (Wildman–Crippen LogP) is 2.79. The Hall–Kier alpha value is -1.99. The molecule has 0 unspecified atom stereocenters. The highest BCUT2D eigenvalue weighted by Gasteiger charge is 2.17. The maximum atomic E-state index is 12.1. The molecule has 4 heteroatoms. The zero-order chi connectivity index (χ0) is 15.1. The summed E-state index contributed by atoms with van der Waals surface area (Å²) in [5, 5.41) is 14.7. The van der Waals surface area contributed by atoms with E-state index in [1.54, 1.807) is 0 Å². The molecule has 0 saturated heterocycles. The fraction of sp³-hybridized carbons (Fsp3) is 0.471. The van der Waals surface area contributed by atoms with Gasteiger partial charge < -0.3 is 15.7 Å². The minimum Gasteiger partial charge on any atom is -0.395 e. The van der Waals surface area contributed by atoms with Crippen molar-refractivity contribution in [2.45, 2.75) is 45.1 Å². The average molecular weight is 286 g/mol. The number of amides is 2. The Labute approximate surface area is 125 Å². The number of aliphatic hydroxyl groups is 1. The number of rotatable bonds is 3. The van der Waals surface area contributed by atoms with Crippen molar-refractivity contribution >= 4 is 11.7 Å². The molecule has 0 atom stereocenters. The van der Waals surface area contributed by atoms with Crippen LogP contribution in [0.1, 0.15) is 43.2 Å². The molecule has 112 valence electrons. The second-order valence-corrected chi connectivity index (χ2v) is 5.40. The van der Waals surface area contributed by atoms with Crippen molar-refractivity contribution in [3.8, 4) is 11.8 Å². The smallest absolute Gasteiger partial charge is 0.319 e. The molecule has 0 bridgehead atoms. The summed E-state index contributed by atoms with van der Waals surface area (Å²) >= 11 is 0. The minimum atomic E-state index is -0.169. The standard InChI is InChI=1S/C17H22N2O2/c1-13-9-10-14(6-4-5-11-20)16(12-13)19-17(21)18-15-7-2-3-8-15/h9-10,12,15,20H,2-3,5,7-8,11H2,1H3,(H2,18,19,21). The van der Waals surface area contributed by atoms with Crippen LogP contribution in [-0.4, -0.2) is 23.8 Å². The Morgan fingerprint density at radius 3 is 2.86 bits per heavy atom. The van der Waals surface area contributed by atoms with Gasteiger partial charge in [-0.05, 0) is 37.5 Å². The van der Waals surface area contributed by atoms with E-state index in [1.807, 2.05) is 25.1 Å². The number of carbonyl (C=O) groups is 1. The first-order valence-electron chi connectivity index (χ1n) is 7.47. The van der Waals surface area contributed by atoms with Crippen LogP contribution < -0.4 is 10.6 Å². The van der Waals surface area contributed by atoms with Crippen molar-refractivity contribution in [1.29, 1.82) is 0 Å². The van der Waals surface area contributed by atoms with Gasteiger partial charge in [0.2, 0.25) is 0 Å². The summed E-state index contributed by atoms with van der Waals surface area (Å²) in [7, 11) is 0. The Balaban J connectivity index is 2.05. The molecule has 2 rings (SSSR count). The number of benzene rings is 1. The average Bonchev–Trinajstić information content (AvgIpc) is 2.94. The number of hydrogen-bond donors (Lipinski definition) is 3. The second kappa shape index (κ2) is 7.70. The fourth-order valence-corrected chi connectivity index (χ4v) is 2.50. The molecular weight excluding hydrogens is 264 g/mol. The lowest BCUT2D eigenvalue weighted by Gasteiger charge is -2.14. The van der Waals surface area contributed by atoms with Crippen molar-refractivity contribution in [2.24, 2.45) is 0 Å². The van der Waals surface area contributed by atoms with Crippen molar-refractivity contribution < 1.29 is 9.90 Å². The van der Waals surface area contributed by atoms with Gasteiger partial charge in [0.05, 0.1) is 12.3 Å². The van der Waals surface area contributed by atoms with E-state index in [9.17, 15) is 4.79 Å². The summed E-state index contributed by atoms with van der Waals surface area (Å²) in [4.78, 5) is 12.1. The van der Waals surface area contributed by atoms with Crippen LogP contribution in [0.5, 0.6) is 0 Å². The zero-order valence-corrected chi connectivity index (χ0v) is 12.4. The SMILES string of the molecule is Cc1ccc(C#CCCO)c(NC(=O)NC2CCCC2)c1. The maximum Gasteiger partial charge on any atom is 0.319 e. The Bertz CT molecular complexity index is 552. The molecule has 0 heterocycles. The summed E-state index contributed by atoms with van der Waals surface area (Å²) < 4.78 is 0. The molecule has 4 nitrogen and oxygen atoms in total. The number of hydrogen-bond acceptors (Lipinski definition) is 2. The van der Waals surface area contributed by atoms with Crippen LogP contribution in [0.15, 0.2) is 18.2 Å². The monoisotopic (exact) mass is 286 g/mol. The topological polar surface area (TPSA) is 61.4 Å². The molecule has 1 fully saturated rings. The number of anilines is 1. The quantitative estimate of drug-likeness (QED) is 0.748. The molecule has 2 amide bonds. The number of nitrogens with one attached hydrogen (secondary N) is 2. The lowest BCUT2D eigenvalue weighted by molar-refractivity contribution is 0.248. The van der Waals surface area contributed by atoms with E-state index in [0.717, 1.165) is 29.7 Å². The Morgan fingerprint density at radius 2 is 2.14 bits per heavy atom. The van der Waals surface area contributed by atoms with Crippen LogP contribution in [0.3, 0.4) is 0 Å². The molecule has 1 aliphatic rings. The Morgan fingerprint density at radius 1 is 1.38 bits per heavy atom. The van der Waals surface area contributed by atoms with Gasteiger partial charge in [-0.1, -0.05) is 30.7 Å². The number of aliphatic hydroxyl groups excluding tert-OH is 1. The van der Waals surface area contributed by atoms with E-state index < -0.39 is 0 Å². The van der Waals surface area contributed by atoms with Crippen molar-refractivity contribution in [3.05, 3.63) is 29.3 Å². The number of aryl methyl sites for hydroxylation is 1. The molecular formula is C17H22N2O2. The van der Waals surface area contributed by atoms with Crippen LogP contribution in [0.25, 0.3) is 0 Å². The molecule has 0 aromatic heterocycles. The highest BCUT2D eigenvalue weighted by atomic mass is 16.2. The molecule has 3 N–H and O–H groups in total. The zero-order valence-electron chi connectivity index (χ0n) is 12.4. The molecule has 1 saturated carbocycles. The molecule has 1 aliphatic carbocycles. The molecule has 0 radical (unpaired) electrons. The number of urea groups is 1. The van der Waals surface area contributed by atoms with Crippen LogP contribution in [-0.2, 0) is 0 Å². The molecule has 21 heavy (non-hydrogen) atoms. The van der Waals surface area contributed by atoms with Gasteiger partial charge in [0.1, 0.15) is 0 Å². The minimum absolute atomic E-state index is 0.0454. The first kappa shape index (κ1) is 15.4. The number of carbonyl (C=O) groups excluding carboxylic acids is 1.